The van der Waals surface area contributed by atoms with Gasteiger partial charge in [-0.25, -0.2) is 28.0 Å². The van der Waals surface area contributed by atoms with Gasteiger partial charge in [-0.3, -0.25) is 10.2 Å². The van der Waals surface area contributed by atoms with E-state index in [4.69, 9.17) is 28.4 Å². The third kappa shape index (κ3) is 11.2. The molecule has 6 fully saturated rings. The molecule has 0 aromatic rings. The number of carbonyl (C=O) groups excluding carboxylic acids is 4. The SMILES string of the molecule is CC(C)C1NCCC2C(OC(=O)OC(C)(C)C)C(OC(=O)OC(C)(C)C)COC3CCCC(F)C3C3NC4C(CC3F)C(N3CCN(C(=O)OC(C)(C)C)C[C@@H]3C)NC(=O)N4C21. The minimum atomic E-state index is -1.51. The lowest BCUT2D eigenvalue weighted by atomic mass is 9.71. The first-order chi connectivity index (χ1) is 28.8. The molecule has 0 radical (unpaired) electrons. The quantitative estimate of drug-likeness (QED) is 0.219. The van der Waals surface area contributed by atoms with Gasteiger partial charge in [0.2, 0.25) is 0 Å². The summed E-state index contributed by atoms with van der Waals surface area (Å²) < 4.78 is 69.6. The fourth-order valence-corrected chi connectivity index (χ4v) is 10.6. The third-order valence-corrected chi connectivity index (χ3v) is 13.0. The Hall–Kier alpha value is -3.22. The number of nitrogens with one attached hydrogen (secondary N) is 3. The summed E-state index contributed by atoms with van der Waals surface area (Å²) >= 11 is 0. The second-order valence-electron chi connectivity index (χ2n) is 21.6. The summed E-state index contributed by atoms with van der Waals surface area (Å²) in [5.41, 5.74) is -2.54. The number of ether oxygens (including phenoxy) is 6. The van der Waals surface area contributed by atoms with Crippen molar-refractivity contribution in [3.8, 4) is 0 Å². The fourth-order valence-electron chi connectivity index (χ4n) is 10.6. The summed E-state index contributed by atoms with van der Waals surface area (Å²) in [4.78, 5) is 61.2. The van der Waals surface area contributed by atoms with Crippen LogP contribution in [0.4, 0.5) is 28.0 Å². The molecule has 62 heavy (non-hydrogen) atoms. The Bertz CT molecular complexity index is 1610. The normalized spacial score (nSPS) is 37.4. The molecule has 1 aliphatic carbocycles. The van der Waals surface area contributed by atoms with Gasteiger partial charge in [0.25, 0.3) is 0 Å². The number of hydrogen-bond acceptors (Lipinski definition) is 13. The first kappa shape index (κ1) is 48.2. The minimum absolute atomic E-state index is 0.0120. The van der Waals surface area contributed by atoms with Gasteiger partial charge < -0.3 is 48.9 Å². The predicted molar refractivity (Wildman–Crippen MR) is 225 cm³/mol. The van der Waals surface area contributed by atoms with Crippen molar-refractivity contribution in [2.45, 2.75) is 199 Å². The maximum atomic E-state index is 17.2. The first-order valence-electron chi connectivity index (χ1n) is 22.8. The van der Waals surface area contributed by atoms with Gasteiger partial charge in [-0.2, -0.15) is 0 Å². The fraction of sp³-hybridized carbons (Fsp3) is 0.909. The van der Waals surface area contributed by atoms with Crippen LogP contribution in [0, 0.1) is 23.7 Å². The molecule has 0 spiro atoms. The average molecular weight is 885 g/mol. The number of nitrogens with zero attached hydrogens (tertiary/aromatic N) is 3. The van der Waals surface area contributed by atoms with E-state index in [2.05, 4.69) is 20.9 Å². The van der Waals surface area contributed by atoms with Crippen LogP contribution in [0.2, 0.25) is 0 Å². The van der Waals surface area contributed by atoms with Crippen molar-refractivity contribution >= 4 is 24.4 Å². The molecule has 5 saturated heterocycles. The van der Waals surface area contributed by atoms with Crippen LogP contribution in [-0.4, -0.2) is 156 Å². The molecule has 354 valence electrons. The molecule has 16 nitrogen and oxygen atoms in total. The van der Waals surface area contributed by atoms with Gasteiger partial charge in [0.05, 0.1) is 31.1 Å². The van der Waals surface area contributed by atoms with Crippen molar-refractivity contribution in [1.82, 2.24) is 30.7 Å². The molecule has 6 rings (SSSR count). The molecule has 5 aliphatic heterocycles. The molecule has 6 aliphatic rings. The average Bonchev–Trinajstić information content (AvgIpc) is 3.13. The van der Waals surface area contributed by atoms with E-state index in [1.807, 2.05) is 41.5 Å². The molecule has 18 heteroatoms. The summed E-state index contributed by atoms with van der Waals surface area (Å²) in [5, 5.41) is 10.5. The third-order valence-electron chi connectivity index (χ3n) is 13.0. The number of piperidine rings is 2. The van der Waals surface area contributed by atoms with Crippen LogP contribution in [0.15, 0.2) is 0 Å². The van der Waals surface area contributed by atoms with E-state index in [9.17, 15) is 14.4 Å². The Balaban J connectivity index is 1.45. The van der Waals surface area contributed by atoms with Gasteiger partial charge in [-0.1, -0.05) is 13.8 Å². The van der Waals surface area contributed by atoms with Gasteiger partial charge in [-0.05, 0) is 114 Å². The van der Waals surface area contributed by atoms with Crippen molar-refractivity contribution in [2.24, 2.45) is 23.7 Å². The van der Waals surface area contributed by atoms with E-state index in [1.165, 1.54) is 0 Å². The molecule has 1 saturated carbocycles. The number of alkyl halides is 2. The topological polar surface area (TPSA) is 169 Å². The first-order valence-corrected chi connectivity index (χ1v) is 22.8. The van der Waals surface area contributed by atoms with Crippen LogP contribution in [0.5, 0.6) is 0 Å². The zero-order chi connectivity index (χ0) is 45.6. The van der Waals surface area contributed by atoms with Crippen molar-refractivity contribution in [3.63, 3.8) is 0 Å². The monoisotopic (exact) mass is 885 g/mol. The number of amides is 3. The summed E-state index contributed by atoms with van der Waals surface area (Å²) in [6.45, 7) is 22.9. The number of rotatable bonds is 4. The second-order valence-corrected chi connectivity index (χ2v) is 21.6. The molecule has 0 aromatic heterocycles. The highest BCUT2D eigenvalue weighted by Gasteiger charge is 2.60. The van der Waals surface area contributed by atoms with Crippen molar-refractivity contribution in [3.05, 3.63) is 0 Å². The van der Waals surface area contributed by atoms with Crippen molar-refractivity contribution in [2.75, 3.05) is 32.8 Å². The van der Waals surface area contributed by atoms with Crippen molar-refractivity contribution in [1.29, 1.82) is 0 Å². The zero-order valence-corrected chi connectivity index (χ0v) is 38.9. The maximum absolute atomic E-state index is 17.2. The smallest absolute Gasteiger partial charge is 0.444 e. The number of carbonyl (C=O) groups is 4. The summed E-state index contributed by atoms with van der Waals surface area (Å²) in [5.74, 6) is -2.25. The molecule has 14 atom stereocenters. The lowest BCUT2D eigenvalue weighted by Crippen LogP contribution is -2.80. The van der Waals surface area contributed by atoms with Crippen LogP contribution >= 0.6 is 0 Å². The van der Waals surface area contributed by atoms with E-state index in [1.54, 1.807) is 51.3 Å². The Morgan fingerprint density at radius 3 is 2.08 bits per heavy atom. The highest BCUT2D eigenvalue weighted by Crippen LogP contribution is 2.44. The summed E-state index contributed by atoms with van der Waals surface area (Å²) in [6, 6.07) is -2.81. The highest BCUT2D eigenvalue weighted by molar-refractivity contribution is 5.77. The molecular formula is C44H74F2N6O10. The molecule has 13 unspecified atom stereocenters. The highest BCUT2D eigenvalue weighted by atomic mass is 19.1. The molecule has 3 N–H and O–H groups in total. The molecule has 5 heterocycles. The van der Waals surface area contributed by atoms with Crippen LogP contribution < -0.4 is 16.0 Å². The Morgan fingerprint density at radius 2 is 1.47 bits per heavy atom. The predicted octanol–water partition coefficient (Wildman–Crippen LogP) is 6.10. The van der Waals surface area contributed by atoms with E-state index in [0.717, 1.165) is 0 Å². The van der Waals surface area contributed by atoms with E-state index in [-0.39, 0.29) is 37.5 Å². The van der Waals surface area contributed by atoms with E-state index in [0.29, 0.717) is 45.4 Å². The Kier molecular flexibility index (Phi) is 14.6. The van der Waals surface area contributed by atoms with Gasteiger partial charge in [0, 0.05) is 55.5 Å². The molecule has 3 amide bonds. The standard InChI is InChI=1S/C44H74F2N6O10/c1-23(2)32-34-25(16-17-47-32)35(59-41(56)62-44(10,11)12)30(58-40(55)61-43(7,8)9)22-57-29-15-13-14-27(45)31(29)33-28(46)20-26-36(49-38(53)52(34)37(26)48-33)51-19-18-50(21-24(51)3)39(54)60-42(4,5)6/h23-37,47-48H,13-22H2,1-12H3,(H,49,53)/t24-,25?,26?,27?,28?,29?,30?,31?,32?,33?,34?,35?,36?,37?/m0/s1. The Labute approximate surface area is 366 Å². The lowest BCUT2D eigenvalue weighted by Gasteiger charge is -2.60. The number of urea groups is 1. The number of piperazine rings is 1. The van der Waals surface area contributed by atoms with Gasteiger partial charge in [-0.15, -0.1) is 0 Å². The number of hydrogen-bond donors (Lipinski definition) is 3. The van der Waals surface area contributed by atoms with Crippen molar-refractivity contribution < 1.29 is 56.4 Å². The number of halogens is 2. The second kappa shape index (κ2) is 18.7. The molecule has 0 aromatic carbocycles. The van der Waals surface area contributed by atoms with Crippen LogP contribution in [-0.2, 0) is 28.4 Å². The summed E-state index contributed by atoms with van der Waals surface area (Å²) in [6.07, 6.45) is -8.66. The van der Waals surface area contributed by atoms with Crippen LogP contribution in [0.1, 0.15) is 115 Å². The van der Waals surface area contributed by atoms with E-state index < -0.39 is 114 Å². The zero-order valence-electron chi connectivity index (χ0n) is 38.9. The van der Waals surface area contributed by atoms with Crippen LogP contribution in [0.3, 0.4) is 0 Å². The van der Waals surface area contributed by atoms with Gasteiger partial charge >= 0.3 is 24.4 Å². The molecular weight excluding hydrogens is 811 g/mol. The summed E-state index contributed by atoms with van der Waals surface area (Å²) in [7, 11) is 0. The largest absolute Gasteiger partial charge is 0.509 e. The van der Waals surface area contributed by atoms with E-state index >= 15 is 13.6 Å². The minimum Gasteiger partial charge on any atom is -0.444 e. The lowest BCUT2D eigenvalue weighted by molar-refractivity contribution is -0.168. The maximum Gasteiger partial charge on any atom is 0.509 e. The number of fused-ring (bicyclic) bond motifs is 5. The Morgan fingerprint density at radius 1 is 0.823 bits per heavy atom. The van der Waals surface area contributed by atoms with Crippen LogP contribution in [0.25, 0.3) is 0 Å². The van der Waals surface area contributed by atoms with Gasteiger partial charge in [0.15, 0.2) is 6.10 Å². The molecule has 2 bridgehead atoms. The van der Waals surface area contributed by atoms with Gasteiger partial charge in [0.1, 0.15) is 35.3 Å².